The molecular weight excluding hydrogens is 132 g/mol. The Morgan fingerprint density at radius 2 is 2.30 bits per heavy atom. The van der Waals surface area contributed by atoms with Gasteiger partial charge in [-0.3, -0.25) is 0 Å². The van der Waals surface area contributed by atoms with E-state index >= 15 is 0 Å². The highest BCUT2D eigenvalue weighted by Crippen LogP contribution is 2.05. The minimum atomic E-state index is -0.225. The first-order valence-electron chi connectivity index (χ1n) is 2.86. The Morgan fingerprint density at radius 1 is 1.40 bits per heavy atom. The molecule has 2 aliphatic rings. The van der Waals surface area contributed by atoms with Crippen molar-refractivity contribution in [2.24, 2.45) is 0 Å². The van der Waals surface area contributed by atoms with Gasteiger partial charge in [-0.25, -0.2) is 15.2 Å². The van der Waals surface area contributed by atoms with Crippen LogP contribution in [0.3, 0.4) is 0 Å². The molecule has 0 fully saturated rings. The highest BCUT2D eigenvalue weighted by atomic mass is 16.2. The van der Waals surface area contributed by atoms with E-state index in [2.05, 4.69) is 16.1 Å². The van der Waals surface area contributed by atoms with Gasteiger partial charge < -0.3 is 10.6 Å². The molecular formula is C5H6N4O. The van der Waals surface area contributed by atoms with Crippen molar-refractivity contribution < 1.29 is 4.79 Å². The first kappa shape index (κ1) is 5.16. The third-order valence-electron chi connectivity index (χ3n) is 1.28. The lowest BCUT2D eigenvalue weighted by Crippen LogP contribution is -2.47. The fourth-order valence-electron chi connectivity index (χ4n) is 0.831. The lowest BCUT2D eigenvalue weighted by atomic mass is 10.6. The Balaban J connectivity index is 2.26. The third kappa shape index (κ3) is 0.604. The highest BCUT2D eigenvalue weighted by Gasteiger charge is 2.17. The Bertz CT molecular complexity index is 232. The van der Waals surface area contributed by atoms with E-state index in [9.17, 15) is 4.79 Å². The summed E-state index contributed by atoms with van der Waals surface area (Å²) in [4.78, 5) is 10.6. The van der Waals surface area contributed by atoms with E-state index in [0.29, 0.717) is 0 Å². The standard InChI is InChI=1S/C5H6N4O/c10-5-7-3-4-6-1-2-9(4)8-5/h1-3,6H,(H2,7,8,10). The van der Waals surface area contributed by atoms with Gasteiger partial charge in [-0.1, -0.05) is 0 Å². The molecule has 52 valence electrons. The van der Waals surface area contributed by atoms with Crippen LogP contribution in [0.25, 0.3) is 0 Å². The maximum atomic E-state index is 10.6. The van der Waals surface area contributed by atoms with Crippen LogP contribution in [0.15, 0.2) is 24.4 Å². The Kier molecular flexibility index (Phi) is 0.858. The van der Waals surface area contributed by atoms with Gasteiger partial charge >= 0.3 is 6.03 Å². The predicted molar refractivity (Wildman–Crippen MR) is 33.9 cm³/mol. The van der Waals surface area contributed by atoms with Crippen molar-refractivity contribution in [3.05, 3.63) is 24.4 Å². The molecule has 0 saturated carbocycles. The van der Waals surface area contributed by atoms with E-state index in [4.69, 9.17) is 0 Å². The Labute approximate surface area is 57.3 Å². The summed E-state index contributed by atoms with van der Waals surface area (Å²) in [6.07, 6.45) is 5.06. The zero-order valence-corrected chi connectivity index (χ0v) is 5.09. The van der Waals surface area contributed by atoms with Crippen LogP contribution in [0.5, 0.6) is 0 Å². The maximum absolute atomic E-state index is 10.6. The SMILES string of the molecule is O=C1NC=C2NC=CN2N1. The van der Waals surface area contributed by atoms with Gasteiger partial charge in [0, 0.05) is 18.6 Å². The summed E-state index contributed by atoms with van der Waals surface area (Å²) in [6.45, 7) is 0. The number of rotatable bonds is 0. The molecule has 0 unspecified atom stereocenters. The molecule has 2 aliphatic heterocycles. The first-order valence-corrected chi connectivity index (χ1v) is 2.86. The molecule has 3 N–H and O–H groups in total. The van der Waals surface area contributed by atoms with Crippen LogP contribution in [0.1, 0.15) is 0 Å². The molecule has 0 aliphatic carbocycles. The summed E-state index contributed by atoms with van der Waals surface area (Å²) in [6, 6.07) is -0.225. The first-order chi connectivity index (χ1) is 4.86. The van der Waals surface area contributed by atoms with Crippen molar-refractivity contribution in [1.82, 2.24) is 21.1 Å². The van der Waals surface area contributed by atoms with Crippen molar-refractivity contribution in [2.45, 2.75) is 0 Å². The van der Waals surface area contributed by atoms with Crippen molar-refractivity contribution in [2.75, 3.05) is 0 Å². The maximum Gasteiger partial charge on any atom is 0.338 e. The van der Waals surface area contributed by atoms with E-state index in [0.717, 1.165) is 5.82 Å². The molecule has 0 aromatic rings. The van der Waals surface area contributed by atoms with E-state index in [1.54, 1.807) is 23.6 Å². The van der Waals surface area contributed by atoms with Crippen LogP contribution < -0.4 is 16.1 Å². The molecule has 0 bridgehead atoms. The molecule has 5 heteroatoms. The molecule has 5 nitrogen and oxygen atoms in total. The van der Waals surface area contributed by atoms with Gasteiger partial charge in [0.1, 0.15) is 5.82 Å². The Hall–Kier alpha value is -1.65. The number of fused-ring (bicyclic) bond motifs is 1. The van der Waals surface area contributed by atoms with Crippen LogP contribution in [-0.4, -0.2) is 11.0 Å². The van der Waals surface area contributed by atoms with Crippen molar-refractivity contribution >= 4 is 6.03 Å². The molecule has 10 heavy (non-hydrogen) atoms. The van der Waals surface area contributed by atoms with E-state index in [1.807, 2.05) is 0 Å². The minimum absolute atomic E-state index is 0.225. The van der Waals surface area contributed by atoms with Gasteiger partial charge in [-0.15, -0.1) is 0 Å². The summed E-state index contributed by atoms with van der Waals surface area (Å²) in [5.74, 6) is 0.819. The molecule has 2 heterocycles. The quantitative estimate of drug-likeness (QED) is 0.418. The molecule has 0 aromatic heterocycles. The summed E-state index contributed by atoms with van der Waals surface area (Å²) in [7, 11) is 0. The third-order valence-corrected chi connectivity index (χ3v) is 1.28. The van der Waals surface area contributed by atoms with Crippen molar-refractivity contribution in [1.29, 1.82) is 0 Å². The van der Waals surface area contributed by atoms with Gasteiger partial charge in [0.15, 0.2) is 0 Å². The molecule has 2 amide bonds. The van der Waals surface area contributed by atoms with Gasteiger partial charge in [-0.2, -0.15) is 0 Å². The minimum Gasteiger partial charge on any atom is -0.344 e. The van der Waals surface area contributed by atoms with Crippen molar-refractivity contribution in [3.63, 3.8) is 0 Å². The van der Waals surface area contributed by atoms with E-state index in [-0.39, 0.29) is 6.03 Å². The van der Waals surface area contributed by atoms with Gasteiger partial charge in [0.05, 0.1) is 0 Å². The average molecular weight is 138 g/mol. The molecule has 0 aromatic carbocycles. The highest BCUT2D eigenvalue weighted by molar-refractivity contribution is 5.75. The number of hydrogen-bond acceptors (Lipinski definition) is 3. The monoisotopic (exact) mass is 138 g/mol. The molecule has 0 radical (unpaired) electrons. The van der Waals surface area contributed by atoms with E-state index in [1.165, 1.54) is 0 Å². The van der Waals surface area contributed by atoms with E-state index < -0.39 is 0 Å². The number of amides is 2. The molecule has 0 spiro atoms. The fourth-order valence-corrected chi connectivity index (χ4v) is 0.831. The second kappa shape index (κ2) is 1.66. The molecule has 2 rings (SSSR count). The number of hydrogen-bond donors (Lipinski definition) is 3. The largest absolute Gasteiger partial charge is 0.344 e. The Morgan fingerprint density at radius 3 is 3.20 bits per heavy atom. The second-order valence-corrected chi connectivity index (χ2v) is 1.94. The number of urea groups is 1. The summed E-state index contributed by atoms with van der Waals surface area (Å²) in [5, 5.41) is 7.00. The van der Waals surface area contributed by atoms with Crippen LogP contribution >= 0.6 is 0 Å². The fraction of sp³-hybridized carbons (Fsp3) is 0. The summed E-state index contributed by atoms with van der Waals surface area (Å²) >= 11 is 0. The average Bonchev–Trinajstić information content (AvgIpc) is 2.33. The predicted octanol–water partition coefficient (Wildman–Crippen LogP) is -0.611. The number of carbonyl (C=O) groups excluding carboxylic acids is 1. The number of hydrazine groups is 1. The van der Waals surface area contributed by atoms with Crippen LogP contribution in [0, 0.1) is 0 Å². The smallest absolute Gasteiger partial charge is 0.338 e. The number of nitrogens with zero attached hydrogens (tertiary/aromatic N) is 1. The second-order valence-electron chi connectivity index (χ2n) is 1.94. The zero-order chi connectivity index (χ0) is 6.97. The zero-order valence-electron chi connectivity index (χ0n) is 5.09. The van der Waals surface area contributed by atoms with Gasteiger partial charge in [0.25, 0.3) is 0 Å². The molecule has 0 atom stereocenters. The van der Waals surface area contributed by atoms with Gasteiger partial charge in [-0.05, 0) is 0 Å². The van der Waals surface area contributed by atoms with Crippen LogP contribution in [0.2, 0.25) is 0 Å². The lowest BCUT2D eigenvalue weighted by Gasteiger charge is -2.22. The van der Waals surface area contributed by atoms with Crippen LogP contribution in [-0.2, 0) is 0 Å². The normalized spacial score (nSPS) is 20.6. The van der Waals surface area contributed by atoms with Gasteiger partial charge in [0.2, 0.25) is 0 Å². The topological polar surface area (TPSA) is 56.4 Å². The van der Waals surface area contributed by atoms with Crippen LogP contribution in [0.4, 0.5) is 4.79 Å². The van der Waals surface area contributed by atoms with Crippen molar-refractivity contribution in [3.8, 4) is 0 Å². The number of carbonyl (C=O) groups is 1. The molecule has 0 saturated heterocycles. The lowest BCUT2D eigenvalue weighted by molar-refractivity contribution is 0.218. The summed E-state index contributed by atoms with van der Waals surface area (Å²) in [5.41, 5.74) is 2.54. The number of nitrogens with one attached hydrogen (secondary N) is 3. The summed E-state index contributed by atoms with van der Waals surface area (Å²) < 4.78 is 0.